The van der Waals surface area contributed by atoms with E-state index >= 15 is 0 Å². The Labute approximate surface area is 198 Å². The molecule has 1 N–H and O–H groups in total. The molecule has 2 aromatic carbocycles. The molecule has 1 aromatic heterocycles. The number of aryl methyl sites for hydroxylation is 1. The van der Waals surface area contributed by atoms with Gasteiger partial charge in [-0.3, -0.25) is 0 Å². The van der Waals surface area contributed by atoms with Crippen LogP contribution < -0.4 is 19.7 Å². The molecule has 1 aliphatic rings. The second-order valence-electron chi connectivity index (χ2n) is 7.74. The summed E-state index contributed by atoms with van der Waals surface area (Å²) in [7, 11) is -0.886. The number of hydrogen-bond donors (Lipinski definition) is 1. The van der Waals surface area contributed by atoms with E-state index in [1.807, 2.05) is 42.2 Å². The summed E-state index contributed by atoms with van der Waals surface area (Å²) in [6.07, 6.45) is 0. The SMILES string of the molecule is COc1ccc(Nc2cc(C)nc(N3CCN(S(=O)(=O)c4ccc(OC)c(F)c4)CC3)n2)cc1. The molecule has 2 heterocycles. The Bertz CT molecular complexity index is 1260. The van der Waals surface area contributed by atoms with Crippen LogP contribution in [0.5, 0.6) is 11.5 Å². The Morgan fingerprint density at radius 2 is 1.65 bits per heavy atom. The number of benzene rings is 2. The summed E-state index contributed by atoms with van der Waals surface area (Å²) in [6.45, 7) is 3.15. The standard InChI is InChI=1S/C23H26FN5O4S/c1-16-14-22(26-17-4-6-18(32-2)7-5-17)27-23(25-16)28-10-12-29(13-11-28)34(30,31)19-8-9-21(33-3)20(24)15-19/h4-9,14-15H,10-13H2,1-3H3,(H,25,26,27). The van der Waals surface area contributed by atoms with Crippen molar-refractivity contribution < 1.29 is 22.3 Å². The van der Waals surface area contributed by atoms with Gasteiger partial charge >= 0.3 is 0 Å². The van der Waals surface area contributed by atoms with Gasteiger partial charge in [-0.2, -0.15) is 9.29 Å². The van der Waals surface area contributed by atoms with Gasteiger partial charge in [-0.1, -0.05) is 0 Å². The van der Waals surface area contributed by atoms with E-state index in [4.69, 9.17) is 9.47 Å². The lowest BCUT2D eigenvalue weighted by Gasteiger charge is -2.34. The Hall–Kier alpha value is -3.44. The van der Waals surface area contributed by atoms with Crippen LogP contribution in [0.4, 0.5) is 21.8 Å². The Balaban J connectivity index is 1.45. The topological polar surface area (TPSA) is 96.9 Å². The molecule has 180 valence electrons. The lowest BCUT2D eigenvalue weighted by molar-refractivity contribution is 0.378. The average molecular weight is 488 g/mol. The van der Waals surface area contributed by atoms with Crippen LogP contribution in [0.25, 0.3) is 0 Å². The molecule has 0 spiro atoms. The number of methoxy groups -OCH3 is 2. The molecule has 0 saturated carbocycles. The lowest BCUT2D eigenvalue weighted by Crippen LogP contribution is -2.49. The van der Waals surface area contributed by atoms with E-state index in [-0.39, 0.29) is 23.7 Å². The van der Waals surface area contributed by atoms with Gasteiger partial charge in [0.2, 0.25) is 16.0 Å². The van der Waals surface area contributed by atoms with E-state index in [1.165, 1.54) is 23.5 Å². The van der Waals surface area contributed by atoms with Crippen LogP contribution in [-0.4, -0.2) is 63.1 Å². The molecule has 3 aromatic rings. The highest BCUT2D eigenvalue weighted by Gasteiger charge is 2.30. The van der Waals surface area contributed by atoms with Gasteiger partial charge < -0.3 is 19.7 Å². The van der Waals surface area contributed by atoms with Crippen molar-refractivity contribution in [2.45, 2.75) is 11.8 Å². The Morgan fingerprint density at radius 3 is 2.26 bits per heavy atom. The molecule has 34 heavy (non-hydrogen) atoms. The zero-order valence-electron chi connectivity index (χ0n) is 19.2. The molecule has 0 bridgehead atoms. The van der Waals surface area contributed by atoms with E-state index in [9.17, 15) is 12.8 Å². The number of anilines is 3. The normalized spacial score (nSPS) is 14.6. The third-order valence-electron chi connectivity index (χ3n) is 5.49. The molecular weight excluding hydrogens is 461 g/mol. The summed E-state index contributed by atoms with van der Waals surface area (Å²) in [4.78, 5) is 11.0. The first-order valence-electron chi connectivity index (χ1n) is 10.7. The fourth-order valence-electron chi connectivity index (χ4n) is 3.67. The first-order valence-corrected chi connectivity index (χ1v) is 12.1. The van der Waals surface area contributed by atoms with E-state index in [0.717, 1.165) is 23.2 Å². The second-order valence-corrected chi connectivity index (χ2v) is 9.67. The zero-order valence-corrected chi connectivity index (χ0v) is 20.0. The minimum atomic E-state index is -3.83. The molecule has 1 aliphatic heterocycles. The molecule has 0 unspecified atom stereocenters. The first kappa shape index (κ1) is 23.7. The van der Waals surface area contributed by atoms with E-state index < -0.39 is 15.8 Å². The molecule has 0 atom stereocenters. The van der Waals surface area contributed by atoms with Crippen LogP contribution in [0.3, 0.4) is 0 Å². The minimum Gasteiger partial charge on any atom is -0.497 e. The van der Waals surface area contributed by atoms with Gasteiger partial charge in [0.15, 0.2) is 11.6 Å². The number of ether oxygens (including phenoxy) is 2. The molecule has 9 nitrogen and oxygen atoms in total. The molecule has 0 radical (unpaired) electrons. The smallest absolute Gasteiger partial charge is 0.243 e. The molecule has 0 amide bonds. The van der Waals surface area contributed by atoms with Crippen molar-refractivity contribution in [2.24, 2.45) is 0 Å². The van der Waals surface area contributed by atoms with Crippen LogP contribution in [0.1, 0.15) is 5.69 Å². The fraction of sp³-hybridized carbons (Fsp3) is 0.304. The maximum Gasteiger partial charge on any atom is 0.243 e. The summed E-state index contributed by atoms with van der Waals surface area (Å²) >= 11 is 0. The Kier molecular flexibility index (Phi) is 6.85. The summed E-state index contributed by atoms with van der Waals surface area (Å²) in [5.41, 5.74) is 1.64. The van der Waals surface area contributed by atoms with Gasteiger partial charge in [-0.05, 0) is 49.4 Å². The van der Waals surface area contributed by atoms with Gasteiger partial charge in [0, 0.05) is 43.6 Å². The lowest BCUT2D eigenvalue weighted by atomic mass is 10.3. The number of nitrogens with zero attached hydrogens (tertiary/aromatic N) is 4. The van der Waals surface area contributed by atoms with Gasteiger partial charge in [0.05, 0.1) is 19.1 Å². The maximum atomic E-state index is 14.1. The maximum absolute atomic E-state index is 14.1. The number of hydrogen-bond acceptors (Lipinski definition) is 8. The van der Waals surface area contributed by atoms with Gasteiger partial charge in [0.25, 0.3) is 0 Å². The van der Waals surface area contributed by atoms with E-state index in [2.05, 4.69) is 15.3 Å². The van der Waals surface area contributed by atoms with Crippen LogP contribution in [0.2, 0.25) is 0 Å². The molecule has 1 fully saturated rings. The third-order valence-corrected chi connectivity index (χ3v) is 7.38. The molecule has 4 rings (SSSR count). The quantitative estimate of drug-likeness (QED) is 0.543. The fourth-order valence-corrected chi connectivity index (χ4v) is 5.10. The van der Waals surface area contributed by atoms with Crippen LogP contribution >= 0.6 is 0 Å². The molecule has 1 saturated heterocycles. The van der Waals surface area contributed by atoms with E-state index in [0.29, 0.717) is 24.9 Å². The highest BCUT2D eigenvalue weighted by atomic mass is 32.2. The summed E-state index contributed by atoms with van der Waals surface area (Å²) in [5.74, 6) is 1.20. The largest absolute Gasteiger partial charge is 0.497 e. The highest BCUT2D eigenvalue weighted by molar-refractivity contribution is 7.89. The zero-order chi connectivity index (χ0) is 24.3. The predicted octanol–water partition coefficient (Wildman–Crippen LogP) is 3.20. The van der Waals surface area contributed by atoms with Crippen LogP contribution in [-0.2, 0) is 10.0 Å². The van der Waals surface area contributed by atoms with Crippen LogP contribution in [0, 0.1) is 12.7 Å². The van der Waals surface area contributed by atoms with Crippen molar-refractivity contribution in [1.82, 2.24) is 14.3 Å². The van der Waals surface area contributed by atoms with Crippen molar-refractivity contribution in [3.63, 3.8) is 0 Å². The number of piperazine rings is 1. The number of sulfonamides is 1. The molecule has 11 heteroatoms. The van der Waals surface area contributed by atoms with Crippen molar-refractivity contribution >= 4 is 27.5 Å². The summed E-state index contributed by atoms with van der Waals surface area (Å²) in [5, 5.41) is 3.26. The molecular formula is C23H26FN5O4S. The van der Waals surface area contributed by atoms with Crippen molar-refractivity contribution in [1.29, 1.82) is 0 Å². The van der Waals surface area contributed by atoms with Crippen molar-refractivity contribution in [2.75, 3.05) is 50.6 Å². The minimum absolute atomic E-state index is 0.000538. The summed E-state index contributed by atoms with van der Waals surface area (Å²) < 4.78 is 51.4. The summed E-state index contributed by atoms with van der Waals surface area (Å²) in [6, 6.07) is 13.0. The first-order chi connectivity index (χ1) is 16.3. The molecule has 0 aliphatic carbocycles. The Morgan fingerprint density at radius 1 is 0.941 bits per heavy atom. The monoisotopic (exact) mass is 487 g/mol. The average Bonchev–Trinajstić information content (AvgIpc) is 2.84. The second kappa shape index (κ2) is 9.82. The van der Waals surface area contributed by atoms with Crippen LogP contribution in [0.15, 0.2) is 53.4 Å². The van der Waals surface area contributed by atoms with Gasteiger partial charge in [0.1, 0.15) is 11.6 Å². The predicted molar refractivity (Wildman–Crippen MR) is 127 cm³/mol. The van der Waals surface area contributed by atoms with Gasteiger partial charge in [-0.25, -0.2) is 17.8 Å². The number of aromatic nitrogens is 2. The number of halogens is 1. The van der Waals surface area contributed by atoms with Gasteiger partial charge in [-0.15, -0.1) is 0 Å². The number of nitrogens with one attached hydrogen (secondary N) is 1. The third kappa shape index (κ3) is 5.05. The van der Waals surface area contributed by atoms with Crippen molar-refractivity contribution in [3.8, 4) is 11.5 Å². The van der Waals surface area contributed by atoms with E-state index in [1.54, 1.807) is 7.11 Å². The van der Waals surface area contributed by atoms with Crippen molar-refractivity contribution in [3.05, 3.63) is 60.0 Å². The highest BCUT2D eigenvalue weighted by Crippen LogP contribution is 2.25. The number of rotatable bonds is 7.